The van der Waals surface area contributed by atoms with Crippen LogP contribution in [0.15, 0.2) is 78.4 Å². The monoisotopic (exact) mass is 435 g/mol. The highest BCUT2D eigenvalue weighted by molar-refractivity contribution is 5.88. The van der Waals surface area contributed by atoms with Crippen molar-refractivity contribution in [1.82, 2.24) is 5.32 Å². The molecule has 2 N–H and O–H groups in total. The lowest BCUT2D eigenvalue weighted by Crippen LogP contribution is -2.22. The van der Waals surface area contributed by atoms with Crippen LogP contribution >= 0.6 is 0 Å². The van der Waals surface area contributed by atoms with Gasteiger partial charge in [-0.2, -0.15) is 0 Å². The summed E-state index contributed by atoms with van der Waals surface area (Å²) < 4.78 is 19.2. The van der Waals surface area contributed by atoms with Crippen molar-refractivity contribution in [2.24, 2.45) is 0 Å². The van der Waals surface area contributed by atoms with Crippen molar-refractivity contribution in [3.8, 4) is 5.75 Å². The summed E-state index contributed by atoms with van der Waals surface area (Å²) in [6.07, 6.45) is 5.49. The molecule has 0 spiro atoms. The van der Waals surface area contributed by atoms with E-state index in [1.165, 1.54) is 12.1 Å². The topological polar surface area (TPSA) is 58.6 Å². The lowest BCUT2D eigenvalue weighted by atomic mass is 10.1. The number of aliphatic carboxylic acids is 1. The van der Waals surface area contributed by atoms with Crippen molar-refractivity contribution in [1.29, 1.82) is 0 Å². The first-order chi connectivity index (χ1) is 15.6. The zero-order chi connectivity index (χ0) is 22.6. The van der Waals surface area contributed by atoms with E-state index < -0.39 is 5.97 Å². The van der Waals surface area contributed by atoms with E-state index in [2.05, 4.69) is 29.6 Å². The molecule has 3 aromatic rings. The second kappa shape index (κ2) is 12.6. The Labute approximate surface area is 188 Å². The summed E-state index contributed by atoms with van der Waals surface area (Å²) in [4.78, 5) is 10.7. The molecule has 0 unspecified atom stereocenters. The largest absolute Gasteiger partial charge is 0.489 e. The Kier molecular flexibility index (Phi) is 9.26. The van der Waals surface area contributed by atoms with Gasteiger partial charge in [0.1, 0.15) is 18.2 Å². The van der Waals surface area contributed by atoms with Gasteiger partial charge < -0.3 is 15.2 Å². The molecular weight excluding hydrogens is 405 g/mol. The fourth-order valence-electron chi connectivity index (χ4n) is 3.53. The van der Waals surface area contributed by atoms with Gasteiger partial charge in [-0.05, 0) is 66.9 Å². The molecule has 3 rings (SSSR count). The maximum Gasteiger partial charge on any atom is 0.303 e. The van der Waals surface area contributed by atoms with Gasteiger partial charge in [-0.25, -0.2) is 4.39 Å². The zero-order valence-corrected chi connectivity index (χ0v) is 18.2. The second-order valence-electron chi connectivity index (χ2n) is 7.82. The summed E-state index contributed by atoms with van der Waals surface area (Å²) in [7, 11) is 0. The SMILES string of the molecule is O=C(O)CCCC/C=C(/CNCCc1ccc(F)cc1)COc1cccc2ccccc12. The van der Waals surface area contributed by atoms with E-state index in [1.54, 1.807) is 12.1 Å². The first-order valence-corrected chi connectivity index (χ1v) is 11.1. The number of hydrogen-bond donors (Lipinski definition) is 2. The maximum atomic E-state index is 13.1. The number of fused-ring (bicyclic) bond motifs is 1. The van der Waals surface area contributed by atoms with Gasteiger partial charge in [0.25, 0.3) is 0 Å². The number of halogens is 1. The Morgan fingerprint density at radius 2 is 1.78 bits per heavy atom. The number of carboxylic acid groups (broad SMARTS) is 1. The molecule has 0 heterocycles. The highest BCUT2D eigenvalue weighted by Gasteiger charge is 2.05. The van der Waals surface area contributed by atoms with E-state index >= 15 is 0 Å². The van der Waals surface area contributed by atoms with Crippen LogP contribution in [0.25, 0.3) is 10.8 Å². The molecule has 0 amide bonds. The van der Waals surface area contributed by atoms with Gasteiger partial charge in [-0.3, -0.25) is 4.79 Å². The Morgan fingerprint density at radius 3 is 2.59 bits per heavy atom. The number of benzene rings is 3. The number of allylic oxidation sites excluding steroid dienone is 1. The molecule has 0 saturated carbocycles. The van der Waals surface area contributed by atoms with Crippen molar-refractivity contribution < 1.29 is 19.0 Å². The van der Waals surface area contributed by atoms with Crippen molar-refractivity contribution in [3.63, 3.8) is 0 Å². The average molecular weight is 436 g/mol. The summed E-state index contributed by atoms with van der Waals surface area (Å²) in [5.41, 5.74) is 2.22. The predicted octanol–water partition coefficient (Wildman–Crippen LogP) is 5.76. The molecule has 0 aliphatic carbocycles. The van der Waals surface area contributed by atoms with Gasteiger partial charge in [0.2, 0.25) is 0 Å². The molecule has 32 heavy (non-hydrogen) atoms. The molecule has 0 atom stereocenters. The number of nitrogens with one attached hydrogen (secondary N) is 1. The second-order valence-corrected chi connectivity index (χ2v) is 7.82. The number of hydrogen-bond acceptors (Lipinski definition) is 3. The molecular formula is C27H30FNO3. The fraction of sp³-hybridized carbons (Fsp3) is 0.296. The molecule has 168 valence electrons. The number of unbranched alkanes of at least 4 members (excludes halogenated alkanes) is 2. The molecule has 0 radical (unpaired) electrons. The van der Waals surface area contributed by atoms with Crippen LogP contribution in [0.3, 0.4) is 0 Å². The molecule has 0 aromatic heterocycles. The predicted molar refractivity (Wildman–Crippen MR) is 127 cm³/mol. The molecule has 0 fully saturated rings. The smallest absolute Gasteiger partial charge is 0.303 e. The Bertz CT molecular complexity index is 1030. The van der Waals surface area contributed by atoms with E-state index in [0.29, 0.717) is 19.6 Å². The lowest BCUT2D eigenvalue weighted by Gasteiger charge is -2.13. The van der Waals surface area contributed by atoms with Gasteiger partial charge in [0.15, 0.2) is 0 Å². The number of carbonyl (C=O) groups is 1. The van der Waals surface area contributed by atoms with E-state index in [-0.39, 0.29) is 12.2 Å². The molecule has 3 aromatic carbocycles. The van der Waals surface area contributed by atoms with Gasteiger partial charge in [0, 0.05) is 18.4 Å². The molecule has 0 bridgehead atoms. The van der Waals surface area contributed by atoms with Crippen LogP contribution in [0.2, 0.25) is 0 Å². The van der Waals surface area contributed by atoms with Crippen molar-refractivity contribution in [2.45, 2.75) is 32.1 Å². The van der Waals surface area contributed by atoms with Crippen LogP contribution in [0, 0.1) is 5.82 Å². The maximum absolute atomic E-state index is 13.1. The van der Waals surface area contributed by atoms with Crippen LogP contribution in [0.5, 0.6) is 5.75 Å². The molecule has 0 saturated heterocycles. The van der Waals surface area contributed by atoms with E-state index in [1.807, 2.05) is 24.3 Å². The molecule has 4 nitrogen and oxygen atoms in total. The minimum Gasteiger partial charge on any atom is -0.489 e. The third kappa shape index (κ3) is 7.82. The lowest BCUT2D eigenvalue weighted by molar-refractivity contribution is -0.137. The minimum atomic E-state index is -0.754. The number of ether oxygens (including phenoxy) is 1. The third-order valence-electron chi connectivity index (χ3n) is 5.30. The Hall–Kier alpha value is -3.18. The quantitative estimate of drug-likeness (QED) is 0.265. The summed E-state index contributed by atoms with van der Waals surface area (Å²) in [6, 6.07) is 20.8. The van der Waals surface area contributed by atoms with Gasteiger partial charge >= 0.3 is 5.97 Å². The third-order valence-corrected chi connectivity index (χ3v) is 5.30. The van der Waals surface area contributed by atoms with Crippen molar-refractivity contribution >= 4 is 16.7 Å². The molecule has 0 aliphatic heterocycles. The van der Waals surface area contributed by atoms with Gasteiger partial charge in [-0.15, -0.1) is 0 Å². The molecule has 0 aliphatic rings. The van der Waals surface area contributed by atoms with Crippen LogP contribution in [0.1, 0.15) is 31.2 Å². The Morgan fingerprint density at radius 1 is 1.00 bits per heavy atom. The van der Waals surface area contributed by atoms with Crippen LogP contribution < -0.4 is 10.1 Å². The van der Waals surface area contributed by atoms with Crippen LogP contribution in [-0.4, -0.2) is 30.8 Å². The summed E-state index contributed by atoms with van der Waals surface area (Å²) >= 11 is 0. The fourth-order valence-corrected chi connectivity index (χ4v) is 3.53. The average Bonchev–Trinajstić information content (AvgIpc) is 2.80. The van der Waals surface area contributed by atoms with Crippen molar-refractivity contribution in [2.75, 3.05) is 19.7 Å². The van der Waals surface area contributed by atoms with Crippen LogP contribution in [0.4, 0.5) is 4.39 Å². The van der Waals surface area contributed by atoms with E-state index in [4.69, 9.17) is 9.84 Å². The summed E-state index contributed by atoms with van der Waals surface area (Å²) in [5, 5.41) is 14.5. The van der Waals surface area contributed by atoms with Crippen molar-refractivity contribution in [3.05, 3.63) is 89.8 Å². The number of rotatable bonds is 13. The Balaban J connectivity index is 1.55. The first kappa shape index (κ1) is 23.5. The normalized spacial score (nSPS) is 11.6. The van der Waals surface area contributed by atoms with E-state index in [0.717, 1.165) is 53.5 Å². The molecule has 5 heteroatoms. The standard InChI is InChI=1S/C27H30FNO3/c28-24-15-13-21(14-16-24)17-18-29-19-22(7-2-1-3-12-27(30)31)20-32-26-11-6-9-23-8-4-5-10-25(23)26/h4-11,13-16,29H,1-3,12,17-20H2,(H,30,31)/b22-7-. The summed E-state index contributed by atoms with van der Waals surface area (Å²) in [5.74, 6) is -0.123. The number of carboxylic acids is 1. The minimum absolute atomic E-state index is 0.200. The van der Waals surface area contributed by atoms with E-state index in [9.17, 15) is 9.18 Å². The van der Waals surface area contributed by atoms with Crippen LogP contribution in [-0.2, 0) is 11.2 Å². The van der Waals surface area contributed by atoms with Gasteiger partial charge in [0.05, 0.1) is 0 Å². The first-order valence-electron chi connectivity index (χ1n) is 11.1. The zero-order valence-electron chi connectivity index (χ0n) is 18.2. The highest BCUT2D eigenvalue weighted by Crippen LogP contribution is 2.25. The highest BCUT2D eigenvalue weighted by atomic mass is 19.1. The summed E-state index contributed by atoms with van der Waals surface area (Å²) in [6.45, 7) is 1.93. The van der Waals surface area contributed by atoms with Gasteiger partial charge in [-0.1, -0.05) is 54.6 Å².